The molecule has 0 radical (unpaired) electrons. The first-order chi connectivity index (χ1) is 11.9. The second kappa shape index (κ2) is 8.75. The Morgan fingerprint density at radius 2 is 1.88 bits per heavy atom. The van der Waals surface area contributed by atoms with E-state index in [-0.39, 0.29) is 24.8 Å². The first kappa shape index (κ1) is 19.1. The maximum Gasteiger partial charge on any atom is 0.251 e. The lowest BCUT2D eigenvalue weighted by atomic mass is 10.0. The van der Waals surface area contributed by atoms with E-state index in [2.05, 4.69) is 11.9 Å². The Kier molecular flexibility index (Phi) is 6.69. The minimum atomic E-state index is -1.18. The number of hydrogen-bond donors (Lipinski definition) is 3. The van der Waals surface area contributed by atoms with Crippen LogP contribution in [-0.2, 0) is 9.53 Å². The van der Waals surface area contributed by atoms with Gasteiger partial charge in [-0.2, -0.15) is 0 Å². The van der Waals surface area contributed by atoms with Crippen molar-refractivity contribution in [2.75, 3.05) is 20.1 Å². The zero-order valence-corrected chi connectivity index (χ0v) is 14.2. The molecule has 2 amide bonds. The van der Waals surface area contributed by atoms with E-state index in [1.807, 2.05) is 6.07 Å². The first-order valence-corrected chi connectivity index (χ1v) is 8.13. The fourth-order valence-corrected chi connectivity index (χ4v) is 2.67. The summed E-state index contributed by atoms with van der Waals surface area (Å²) in [4.78, 5) is 25.5. The molecule has 7 heteroatoms. The van der Waals surface area contributed by atoms with Crippen LogP contribution < -0.4 is 5.32 Å². The van der Waals surface area contributed by atoms with Gasteiger partial charge in [0.05, 0.1) is 12.5 Å². The number of ether oxygens (including phenoxy) is 1. The molecule has 0 bridgehead atoms. The Bertz CT molecular complexity index is 607. The Balaban J connectivity index is 1.87. The van der Waals surface area contributed by atoms with Crippen molar-refractivity contribution >= 4 is 11.8 Å². The normalized spacial score (nSPS) is 25.4. The molecule has 1 heterocycles. The van der Waals surface area contributed by atoms with E-state index in [4.69, 9.17) is 4.74 Å². The molecule has 0 aliphatic carbocycles. The number of aliphatic hydroxyl groups is 2. The molecule has 0 unspecified atom stereocenters. The van der Waals surface area contributed by atoms with Crippen LogP contribution in [0.4, 0.5) is 0 Å². The minimum absolute atomic E-state index is 0.0408. The fraction of sp³-hybridized carbons (Fsp3) is 0.444. The average molecular weight is 348 g/mol. The smallest absolute Gasteiger partial charge is 0.251 e. The van der Waals surface area contributed by atoms with Crippen molar-refractivity contribution < 1.29 is 24.5 Å². The van der Waals surface area contributed by atoms with Crippen molar-refractivity contribution in [3.63, 3.8) is 0 Å². The summed E-state index contributed by atoms with van der Waals surface area (Å²) in [6, 6.07) is 8.66. The molecular formula is C18H24N2O5. The standard InChI is InChI=1S/C18H24N2O5/c1-3-9-20(2)15(21)10-13-16(22)17(23)14(25-13)11-19-18(24)12-7-5-4-6-8-12/h3-8,13-14,16-17,22-23H,1,9-11H2,2H3,(H,19,24)/t13-,14-,16+,17-/m1/s1. The predicted octanol–water partition coefficient (Wildman–Crippen LogP) is -0.0599. The van der Waals surface area contributed by atoms with E-state index in [0.717, 1.165) is 0 Å². The molecule has 0 saturated carbocycles. The van der Waals surface area contributed by atoms with Gasteiger partial charge in [-0.3, -0.25) is 9.59 Å². The summed E-state index contributed by atoms with van der Waals surface area (Å²) >= 11 is 0. The molecule has 0 spiro atoms. The van der Waals surface area contributed by atoms with Gasteiger partial charge in [0, 0.05) is 25.7 Å². The van der Waals surface area contributed by atoms with Gasteiger partial charge in [0.2, 0.25) is 5.91 Å². The third-order valence-electron chi connectivity index (χ3n) is 4.17. The molecule has 1 fully saturated rings. The number of carbonyl (C=O) groups excluding carboxylic acids is 2. The van der Waals surface area contributed by atoms with Gasteiger partial charge in [-0.05, 0) is 12.1 Å². The minimum Gasteiger partial charge on any atom is -0.388 e. The second-order valence-corrected chi connectivity index (χ2v) is 6.04. The van der Waals surface area contributed by atoms with Crippen molar-refractivity contribution in [1.29, 1.82) is 0 Å². The van der Waals surface area contributed by atoms with Gasteiger partial charge in [0.1, 0.15) is 18.3 Å². The van der Waals surface area contributed by atoms with Crippen molar-refractivity contribution in [3.8, 4) is 0 Å². The lowest BCUT2D eigenvalue weighted by Gasteiger charge is -2.19. The maximum atomic E-state index is 12.0. The zero-order valence-electron chi connectivity index (χ0n) is 14.2. The number of rotatable bonds is 7. The molecular weight excluding hydrogens is 324 g/mol. The lowest BCUT2D eigenvalue weighted by molar-refractivity contribution is -0.133. The van der Waals surface area contributed by atoms with Crippen molar-refractivity contribution in [2.45, 2.75) is 30.8 Å². The van der Waals surface area contributed by atoms with Crippen LogP contribution >= 0.6 is 0 Å². The Hall–Kier alpha value is -2.22. The number of carbonyl (C=O) groups is 2. The van der Waals surface area contributed by atoms with E-state index in [9.17, 15) is 19.8 Å². The highest BCUT2D eigenvalue weighted by Gasteiger charge is 2.43. The molecule has 1 aliphatic heterocycles. The van der Waals surface area contributed by atoms with E-state index < -0.39 is 24.4 Å². The third kappa shape index (κ3) is 4.88. The summed E-state index contributed by atoms with van der Waals surface area (Å²) in [7, 11) is 1.62. The van der Waals surface area contributed by atoms with Gasteiger partial charge in [-0.15, -0.1) is 6.58 Å². The van der Waals surface area contributed by atoms with Crippen LogP contribution in [-0.4, -0.2) is 71.5 Å². The quantitative estimate of drug-likeness (QED) is 0.600. The summed E-state index contributed by atoms with van der Waals surface area (Å²) in [5.41, 5.74) is 0.494. The van der Waals surface area contributed by atoms with E-state index in [1.54, 1.807) is 37.4 Å². The Morgan fingerprint density at radius 1 is 1.24 bits per heavy atom. The van der Waals surface area contributed by atoms with Gasteiger partial charge in [0.25, 0.3) is 5.91 Å². The first-order valence-electron chi connectivity index (χ1n) is 8.13. The summed E-state index contributed by atoms with van der Waals surface area (Å²) < 4.78 is 5.58. The van der Waals surface area contributed by atoms with Crippen molar-refractivity contribution in [1.82, 2.24) is 10.2 Å². The van der Waals surface area contributed by atoms with Crippen LogP contribution in [0.3, 0.4) is 0 Å². The SMILES string of the molecule is C=CCN(C)C(=O)C[C@H]1O[C@H](CNC(=O)c2ccccc2)[C@@H](O)[C@H]1O. The summed E-state index contributed by atoms with van der Waals surface area (Å²) in [5, 5.41) is 22.9. The van der Waals surface area contributed by atoms with E-state index in [0.29, 0.717) is 12.1 Å². The largest absolute Gasteiger partial charge is 0.388 e. The van der Waals surface area contributed by atoms with Crippen LogP contribution in [0.2, 0.25) is 0 Å². The van der Waals surface area contributed by atoms with Crippen LogP contribution in [0.5, 0.6) is 0 Å². The van der Waals surface area contributed by atoms with Crippen LogP contribution in [0.15, 0.2) is 43.0 Å². The van der Waals surface area contributed by atoms with Gasteiger partial charge in [0.15, 0.2) is 0 Å². The summed E-state index contributed by atoms with van der Waals surface area (Å²) in [5.74, 6) is -0.513. The topological polar surface area (TPSA) is 99.1 Å². The van der Waals surface area contributed by atoms with Gasteiger partial charge in [-0.25, -0.2) is 0 Å². The Labute approximate surface area is 146 Å². The summed E-state index contributed by atoms with van der Waals surface area (Å²) in [6.45, 7) is 4.00. The molecule has 7 nitrogen and oxygen atoms in total. The highest BCUT2D eigenvalue weighted by Crippen LogP contribution is 2.24. The third-order valence-corrected chi connectivity index (χ3v) is 4.17. The lowest BCUT2D eigenvalue weighted by Crippen LogP contribution is -2.40. The number of nitrogens with one attached hydrogen (secondary N) is 1. The van der Waals surface area contributed by atoms with Gasteiger partial charge in [-0.1, -0.05) is 24.3 Å². The number of nitrogens with zero attached hydrogens (tertiary/aromatic N) is 1. The predicted molar refractivity (Wildman–Crippen MR) is 91.9 cm³/mol. The van der Waals surface area contributed by atoms with E-state index >= 15 is 0 Å². The molecule has 136 valence electrons. The molecule has 1 saturated heterocycles. The second-order valence-electron chi connectivity index (χ2n) is 6.04. The van der Waals surface area contributed by atoms with Crippen LogP contribution in [0, 0.1) is 0 Å². The molecule has 1 aliphatic rings. The number of amides is 2. The zero-order chi connectivity index (χ0) is 18.4. The van der Waals surface area contributed by atoms with E-state index in [1.165, 1.54) is 4.90 Å². The summed E-state index contributed by atoms with van der Waals surface area (Å²) in [6.07, 6.45) is -2.39. The van der Waals surface area contributed by atoms with Crippen LogP contribution in [0.25, 0.3) is 0 Å². The number of benzene rings is 1. The maximum absolute atomic E-state index is 12.0. The molecule has 0 aromatic heterocycles. The molecule has 4 atom stereocenters. The number of aliphatic hydroxyl groups excluding tert-OH is 2. The fourth-order valence-electron chi connectivity index (χ4n) is 2.67. The van der Waals surface area contributed by atoms with Gasteiger partial charge < -0.3 is 25.2 Å². The van der Waals surface area contributed by atoms with Crippen molar-refractivity contribution in [2.24, 2.45) is 0 Å². The van der Waals surface area contributed by atoms with Crippen molar-refractivity contribution in [3.05, 3.63) is 48.6 Å². The van der Waals surface area contributed by atoms with Crippen LogP contribution in [0.1, 0.15) is 16.8 Å². The molecule has 25 heavy (non-hydrogen) atoms. The molecule has 1 aromatic rings. The monoisotopic (exact) mass is 348 g/mol. The average Bonchev–Trinajstić information content (AvgIpc) is 2.88. The highest BCUT2D eigenvalue weighted by molar-refractivity contribution is 5.94. The Morgan fingerprint density at radius 3 is 2.52 bits per heavy atom. The molecule has 3 N–H and O–H groups in total. The van der Waals surface area contributed by atoms with Gasteiger partial charge >= 0.3 is 0 Å². The molecule has 1 aromatic carbocycles. The molecule has 2 rings (SSSR count). The highest BCUT2D eigenvalue weighted by atomic mass is 16.5. The number of likely N-dealkylation sites (N-methyl/N-ethyl adjacent to an activating group) is 1. The number of hydrogen-bond acceptors (Lipinski definition) is 5.